The first-order valence-corrected chi connectivity index (χ1v) is 8.98. The van der Waals surface area contributed by atoms with Crippen LogP contribution in [0.1, 0.15) is 33.3 Å². The van der Waals surface area contributed by atoms with Gasteiger partial charge in [0.15, 0.2) is 0 Å². The standard InChI is InChI=1S/C21H21N3O3/c25-18-9-5-4-8-17(18)21(26)22-12-19-20-16(10-11-27-19)14-24(23-20)13-15-6-2-1-3-7-15/h1-9,14,19,25H,10-13H2,(H,22,26)/t19-/m0/s1. The number of nitrogens with zero attached hydrogens (tertiary/aromatic N) is 2. The molecule has 0 saturated carbocycles. The summed E-state index contributed by atoms with van der Waals surface area (Å²) in [5, 5.41) is 17.3. The van der Waals surface area contributed by atoms with Crippen LogP contribution in [0.4, 0.5) is 0 Å². The molecule has 0 aliphatic carbocycles. The first-order chi connectivity index (χ1) is 13.2. The number of phenolic OH excluding ortho intramolecular Hbond substituents is 1. The van der Waals surface area contributed by atoms with Crippen molar-refractivity contribution in [2.75, 3.05) is 13.2 Å². The van der Waals surface area contributed by atoms with Gasteiger partial charge in [-0.2, -0.15) is 5.10 Å². The first-order valence-electron chi connectivity index (χ1n) is 8.98. The van der Waals surface area contributed by atoms with Gasteiger partial charge >= 0.3 is 0 Å². The Bertz CT molecular complexity index is 937. The number of para-hydroxylation sites is 1. The molecule has 2 aromatic carbocycles. The molecular weight excluding hydrogens is 342 g/mol. The van der Waals surface area contributed by atoms with E-state index in [0.717, 1.165) is 17.7 Å². The van der Waals surface area contributed by atoms with Gasteiger partial charge in [0, 0.05) is 12.7 Å². The lowest BCUT2D eigenvalue weighted by atomic mass is 10.1. The molecule has 0 bridgehead atoms. The van der Waals surface area contributed by atoms with E-state index < -0.39 is 0 Å². The fourth-order valence-electron chi connectivity index (χ4n) is 3.28. The summed E-state index contributed by atoms with van der Waals surface area (Å²) >= 11 is 0. The van der Waals surface area contributed by atoms with Crippen molar-refractivity contribution in [3.63, 3.8) is 0 Å². The van der Waals surface area contributed by atoms with Crippen LogP contribution in [0.3, 0.4) is 0 Å². The van der Waals surface area contributed by atoms with Crippen LogP contribution in [-0.2, 0) is 17.7 Å². The van der Waals surface area contributed by atoms with Crippen molar-refractivity contribution in [1.82, 2.24) is 15.1 Å². The fraction of sp³-hybridized carbons (Fsp3) is 0.238. The van der Waals surface area contributed by atoms with Crippen LogP contribution in [0.2, 0.25) is 0 Å². The normalized spacial score (nSPS) is 15.9. The summed E-state index contributed by atoms with van der Waals surface area (Å²) in [5.41, 5.74) is 3.46. The Balaban J connectivity index is 1.45. The number of rotatable bonds is 5. The summed E-state index contributed by atoms with van der Waals surface area (Å²) in [6, 6.07) is 16.6. The van der Waals surface area contributed by atoms with Gasteiger partial charge in [-0.25, -0.2) is 0 Å². The number of hydrogen-bond donors (Lipinski definition) is 2. The smallest absolute Gasteiger partial charge is 0.255 e. The molecule has 0 spiro atoms. The Morgan fingerprint density at radius 1 is 1.19 bits per heavy atom. The van der Waals surface area contributed by atoms with E-state index in [2.05, 4.69) is 28.7 Å². The Morgan fingerprint density at radius 2 is 1.96 bits per heavy atom. The number of carbonyl (C=O) groups excluding carboxylic acids is 1. The highest BCUT2D eigenvalue weighted by molar-refractivity contribution is 5.96. The molecule has 3 aromatic rings. The number of fused-ring (bicyclic) bond motifs is 1. The van der Waals surface area contributed by atoms with Crippen LogP contribution in [0.5, 0.6) is 5.75 Å². The monoisotopic (exact) mass is 363 g/mol. The molecular formula is C21H21N3O3. The number of ether oxygens (including phenoxy) is 1. The van der Waals surface area contributed by atoms with Crippen molar-refractivity contribution >= 4 is 5.91 Å². The molecule has 0 saturated heterocycles. The summed E-state index contributed by atoms with van der Waals surface area (Å²) in [5.74, 6) is -0.361. The van der Waals surface area contributed by atoms with Gasteiger partial charge in [-0.05, 0) is 29.7 Å². The molecule has 1 aliphatic rings. The Labute approximate surface area is 157 Å². The Kier molecular flexibility index (Phi) is 4.89. The SMILES string of the molecule is O=C(NC[C@@H]1OCCc2cn(Cc3ccccc3)nc21)c1ccccc1O. The molecule has 138 valence electrons. The van der Waals surface area contributed by atoms with E-state index in [1.165, 1.54) is 11.6 Å². The molecule has 2 heterocycles. The van der Waals surface area contributed by atoms with Crippen molar-refractivity contribution in [3.8, 4) is 5.75 Å². The molecule has 1 aliphatic heterocycles. The lowest BCUT2D eigenvalue weighted by Crippen LogP contribution is -2.32. The molecule has 0 radical (unpaired) electrons. The predicted molar refractivity (Wildman–Crippen MR) is 101 cm³/mol. The summed E-state index contributed by atoms with van der Waals surface area (Å²) in [6.45, 7) is 1.61. The van der Waals surface area contributed by atoms with Crippen molar-refractivity contribution in [1.29, 1.82) is 0 Å². The molecule has 6 heteroatoms. The lowest BCUT2D eigenvalue weighted by molar-refractivity contribution is 0.0383. The zero-order valence-corrected chi connectivity index (χ0v) is 14.8. The van der Waals surface area contributed by atoms with Crippen molar-refractivity contribution < 1.29 is 14.6 Å². The number of amides is 1. The highest BCUT2D eigenvalue weighted by atomic mass is 16.5. The van der Waals surface area contributed by atoms with Crippen molar-refractivity contribution in [2.24, 2.45) is 0 Å². The number of nitrogens with one attached hydrogen (secondary N) is 1. The van der Waals surface area contributed by atoms with Crippen LogP contribution >= 0.6 is 0 Å². The maximum atomic E-state index is 12.3. The topological polar surface area (TPSA) is 76.4 Å². The molecule has 0 fully saturated rings. The van der Waals surface area contributed by atoms with E-state index in [0.29, 0.717) is 19.7 Å². The van der Waals surface area contributed by atoms with Gasteiger partial charge in [-0.1, -0.05) is 42.5 Å². The molecule has 6 nitrogen and oxygen atoms in total. The van der Waals surface area contributed by atoms with Crippen LogP contribution < -0.4 is 5.32 Å². The second-order valence-electron chi connectivity index (χ2n) is 6.56. The van der Waals surface area contributed by atoms with E-state index in [4.69, 9.17) is 4.74 Å². The molecule has 1 aromatic heterocycles. The predicted octanol–water partition coefficient (Wildman–Crippen LogP) is 2.68. The third-order valence-corrected chi connectivity index (χ3v) is 4.65. The van der Waals surface area contributed by atoms with Gasteiger partial charge in [0.1, 0.15) is 11.9 Å². The van der Waals surface area contributed by atoms with Gasteiger partial charge in [0.2, 0.25) is 0 Å². The quantitative estimate of drug-likeness (QED) is 0.731. The van der Waals surface area contributed by atoms with Gasteiger partial charge in [-0.15, -0.1) is 0 Å². The van der Waals surface area contributed by atoms with E-state index in [9.17, 15) is 9.90 Å². The minimum Gasteiger partial charge on any atom is -0.507 e. The highest BCUT2D eigenvalue weighted by Crippen LogP contribution is 2.26. The van der Waals surface area contributed by atoms with Gasteiger partial charge < -0.3 is 15.2 Å². The van der Waals surface area contributed by atoms with E-state index in [1.807, 2.05) is 22.9 Å². The third-order valence-electron chi connectivity index (χ3n) is 4.65. The van der Waals surface area contributed by atoms with Crippen LogP contribution in [0.25, 0.3) is 0 Å². The maximum Gasteiger partial charge on any atom is 0.255 e. The van der Waals surface area contributed by atoms with E-state index in [1.54, 1.807) is 18.2 Å². The minimum absolute atomic E-state index is 0.0348. The molecule has 2 N–H and O–H groups in total. The zero-order chi connectivity index (χ0) is 18.6. The van der Waals surface area contributed by atoms with Crippen LogP contribution in [0, 0.1) is 0 Å². The third kappa shape index (κ3) is 3.85. The summed E-state index contributed by atoms with van der Waals surface area (Å²) < 4.78 is 7.75. The van der Waals surface area contributed by atoms with E-state index >= 15 is 0 Å². The summed E-state index contributed by atoms with van der Waals surface area (Å²) in [6.07, 6.45) is 2.58. The maximum absolute atomic E-state index is 12.3. The van der Waals surface area contributed by atoms with E-state index in [-0.39, 0.29) is 23.3 Å². The van der Waals surface area contributed by atoms with Crippen molar-refractivity contribution in [3.05, 3.63) is 83.2 Å². The second kappa shape index (κ2) is 7.63. The first kappa shape index (κ1) is 17.3. The highest BCUT2D eigenvalue weighted by Gasteiger charge is 2.25. The number of hydrogen-bond acceptors (Lipinski definition) is 4. The Morgan fingerprint density at radius 3 is 2.78 bits per heavy atom. The molecule has 4 rings (SSSR count). The average Bonchev–Trinajstić information content (AvgIpc) is 3.10. The molecule has 1 atom stereocenters. The molecule has 0 unspecified atom stereocenters. The summed E-state index contributed by atoms with van der Waals surface area (Å²) in [4.78, 5) is 12.3. The molecule has 1 amide bonds. The second-order valence-corrected chi connectivity index (χ2v) is 6.56. The van der Waals surface area contributed by atoms with Gasteiger partial charge in [-0.3, -0.25) is 9.48 Å². The van der Waals surface area contributed by atoms with Crippen molar-refractivity contribution in [2.45, 2.75) is 19.1 Å². The number of benzene rings is 2. The van der Waals surface area contributed by atoms with Gasteiger partial charge in [0.05, 0.1) is 24.4 Å². The Hall–Kier alpha value is -3.12. The number of aromatic nitrogens is 2. The average molecular weight is 363 g/mol. The van der Waals surface area contributed by atoms with Crippen LogP contribution in [0.15, 0.2) is 60.8 Å². The zero-order valence-electron chi connectivity index (χ0n) is 14.8. The molecule has 27 heavy (non-hydrogen) atoms. The number of phenols is 1. The largest absolute Gasteiger partial charge is 0.507 e. The summed E-state index contributed by atoms with van der Waals surface area (Å²) in [7, 11) is 0. The van der Waals surface area contributed by atoms with Crippen LogP contribution in [-0.4, -0.2) is 33.9 Å². The number of carbonyl (C=O) groups is 1. The lowest BCUT2D eigenvalue weighted by Gasteiger charge is -2.22. The van der Waals surface area contributed by atoms with Gasteiger partial charge in [0.25, 0.3) is 5.91 Å². The fourth-order valence-corrected chi connectivity index (χ4v) is 3.28. The minimum atomic E-state index is -0.326. The number of aromatic hydroxyl groups is 1.